The number of hydrogen-bond acceptors (Lipinski definition) is 6. The Labute approximate surface area is 155 Å². The minimum atomic E-state index is -4.75. The van der Waals surface area contributed by atoms with Gasteiger partial charge in [-0.1, -0.05) is 6.07 Å². The molecule has 0 bridgehead atoms. The van der Waals surface area contributed by atoms with Gasteiger partial charge in [0.25, 0.3) is 0 Å². The fourth-order valence-corrected chi connectivity index (χ4v) is 3.70. The molecule has 0 aromatic heterocycles. The molecule has 2 heterocycles. The minimum absolute atomic E-state index is 0.240. The number of hydrogen-bond donors (Lipinski definition) is 0. The molecule has 0 unspecified atom stereocenters. The van der Waals surface area contributed by atoms with Gasteiger partial charge < -0.3 is 18.9 Å². The molecule has 2 aliphatic rings. The Morgan fingerprint density at radius 3 is 2.63 bits per heavy atom. The molecule has 1 atom stereocenters. The molecule has 2 aliphatic heterocycles. The third-order valence-electron chi connectivity index (χ3n) is 4.98. The van der Waals surface area contributed by atoms with Crippen molar-refractivity contribution in [1.29, 1.82) is 0 Å². The van der Waals surface area contributed by atoms with E-state index in [1.807, 2.05) is 4.90 Å². The van der Waals surface area contributed by atoms with Crippen LogP contribution in [0.3, 0.4) is 0 Å². The first-order valence-corrected chi connectivity index (χ1v) is 8.76. The molecule has 1 aromatic rings. The van der Waals surface area contributed by atoms with Crippen LogP contribution in [0.4, 0.5) is 13.2 Å². The SMILES string of the molecule is COC(=O)C1(N2CC[C@@H](Oc3cccc(OC(F)(F)F)c3)C2)CCOCC1. The highest BCUT2D eigenvalue weighted by Crippen LogP contribution is 2.34. The van der Waals surface area contributed by atoms with Gasteiger partial charge in [-0.05, 0) is 31.4 Å². The molecule has 2 fully saturated rings. The lowest BCUT2D eigenvalue weighted by Crippen LogP contribution is -2.57. The average Bonchev–Trinajstić information content (AvgIpc) is 3.09. The number of alkyl halides is 3. The van der Waals surface area contributed by atoms with Crippen molar-refractivity contribution in [3.05, 3.63) is 24.3 Å². The minimum Gasteiger partial charge on any atom is -0.489 e. The van der Waals surface area contributed by atoms with Gasteiger partial charge in [0.15, 0.2) is 0 Å². The van der Waals surface area contributed by atoms with Gasteiger partial charge in [-0.3, -0.25) is 9.69 Å². The van der Waals surface area contributed by atoms with Crippen LogP contribution in [-0.4, -0.2) is 62.3 Å². The molecule has 150 valence electrons. The number of likely N-dealkylation sites (tertiary alicyclic amines) is 1. The van der Waals surface area contributed by atoms with Crippen LogP contribution in [-0.2, 0) is 14.3 Å². The number of rotatable bonds is 5. The normalized spacial score (nSPS) is 23.0. The first-order valence-electron chi connectivity index (χ1n) is 8.76. The highest BCUT2D eigenvalue weighted by atomic mass is 19.4. The van der Waals surface area contributed by atoms with E-state index in [1.165, 1.54) is 25.3 Å². The lowest BCUT2D eigenvalue weighted by molar-refractivity contribution is -0.274. The number of benzene rings is 1. The number of nitrogens with zero attached hydrogens (tertiary/aromatic N) is 1. The Kier molecular flexibility index (Phi) is 5.81. The summed E-state index contributed by atoms with van der Waals surface area (Å²) in [7, 11) is 1.37. The zero-order valence-corrected chi connectivity index (χ0v) is 15.0. The van der Waals surface area contributed by atoms with Crippen molar-refractivity contribution in [2.75, 3.05) is 33.4 Å². The summed E-state index contributed by atoms with van der Waals surface area (Å²) in [5.74, 6) is -0.319. The summed E-state index contributed by atoms with van der Waals surface area (Å²) >= 11 is 0. The predicted molar refractivity (Wildman–Crippen MR) is 88.5 cm³/mol. The smallest absolute Gasteiger partial charge is 0.489 e. The van der Waals surface area contributed by atoms with Gasteiger partial charge in [0.05, 0.1) is 7.11 Å². The zero-order chi connectivity index (χ0) is 19.5. The van der Waals surface area contributed by atoms with Crippen LogP contribution < -0.4 is 9.47 Å². The van der Waals surface area contributed by atoms with E-state index in [-0.39, 0.29) is 17.8 Å². The lowest BCUT2D eigenvalue weighted by Gasteiger charge is -2.41. The van der Waals surface area contributed by atoms with E-state index in [9.17, 15) is 18.0 Å². The van der Waals surface area contributed by atoms with Gasteiger partial charge in [-0.2, -0.15) is 0 Å². The van der Waals surface area contributed by atoms with Gasteiger partial charge in [-0.25, -0.2) is 0 Å². The molecule has 0 spiro atoms. The Morgan fingerprint density at radius 1 is 1.26 bits per heavy atom. The molecule has 2 saturated heterocycles. The summed E-state index contributed by atoms with van der Waals surface area (Å²) in [4.78, 5) is 14.5. The van der Waals surface area contributed by atoms with Gasteiger partial charge in [0.2, 0.25) is 0 Å². The number of carbonyl (C=O) groups is 1. The van der Waals surface area contributed by atoms with Crippen LogP contribution in [0.25, 0.3) is 0 Å². The standard InChI is InChI=1S/C18H22F3NO5/c1-24-16(23)17(6-9-25-10-7-17)22-8-5-15(12-22)26-13-3-2-4-14(11-13)27-18(19,20)21/h2-4,11,15H,5-10,12H2,1H3/t15-/m1/s1. The van der Waals surface area contributed by atoms with Crippen LogP contribution in [0.5, 0.6) is 11.5 Å². The van der Waals surface area contributed by atoms with Crippen molar-refractivity contribution in [1.82, 2.24) is 4.90 Å². The summed E-state index contributed by atoms with van der Waals surface area (Å²) in [5.41, 5.74) is -0.730. The second-order valence-electron chi connectivity index (χ2n) is 6.63. The molecule has 0 amide bonds. The fraction of sp³-hybridized carbons (Fsp3) is 0.611. The summed E-state index contributed by atoms with van der Waals surface area (Å²) in [6.45, 7) is 2.08. The number of ether oxygens (including phenoxy) is 4. The van der Waals surface area contributed by atoms with Crippen molar-refractivity contribution >= 4 is 5.97 Å². The number of carbonyl (C=O) groups excluding carboxylic acids is 1. The maximum absolute atomic E-state index is 12.4. The van der Waals surface area contributed by atoms with Crippen LogP contribution in [0, 0.1) is 0 Å². The van der Waals surface area contributed by atoms with Crippen LogP contribution in [0.15, 0.2) is 24.3 Å². The maximum Gasteiger partial charge on any atom is 0.573 e. The maximum atomic E-state index is 12.4. The molecule has 27 heavy (non-hydrogen) atoms. The van der Waals surface area contributed by atoms with E-state index in [4.69, 9.17) is 14.2 Å². The third-order valence-corrected chi connectivity index (χ3v) is 4.98. The highest BCUT2D eigenvalue weighted by Gasteiger charge is 2.49. The molecular weight excluding hydrogens is 367 g/mol. The van der Waals surface area contributed by atoms with Crippen LogP contribution in [0.2, 0.25) is 0 Å². The summed E-state index contributed by atoms with van der Waals surface area (Å²) < 4.78 is 57.3. The van der Waals surface area contributed by atoms with E-state index in [1.54, 1.807) is 6.07 Å². The van der Waals surface area contributed by atoms with Crippen LogP contribution in [0.1, 0.15) is 19.3 Å². The van der Waals surface area contributed by atoms with Gasteiger partial charge >= 0.3 is 12.3 Å². The van der Waals surface area contributed by atoms with Crippen molar-refractivity contribution in [2.45, 2.75) is 37.3 Å². The van der Waals surface area contributed by atoms with E-state index in [2.05, 4.69) is 4.74 Å². The molecule has 0 radical (unpaired) electrons. The van der Waals surface area contributed by atoms with E-state index < -0.39 is 11.9 Å². The second kappa shape index (κ2) is 7.93. The van der Waals surface area contributed by atoms with Crippen molar-refractivity contribution in [2.24, 2.45) is 0 Å². The van der Waals surface area contributed by atoms with Gasteiger partial charge in [-0.15, -0.1) is 13.2 Å². The topological polar surface area (TPSA) is 57.2 Å². The molecule has 0 saturated carbocycles. The average molecular weight is 389 g/mol. The first-order chi connectivity index (χ1) is 12.8. The monoisotopic (exact) mass is 389 g/mol. The highest BCUT2D eigenvalue weighted by molar-refractivity contribution is 5.81. The van der Waals surface area contributed by atoms with Crippen LogP contribution >= 0.6 is 0 Å². The largest absolute Gasteiger partial charge is 0.573 e. The first kappa shape index (κ1) is 19.8. The van der Waals surface area contributed by atoms with E-state index >= 15 is 0 Å². The van der Waals surface area contributed by atoms with Gasteiger partial charge in [0, 0.05) is 32.4 Å². The van der Waals surface area contributed by atoms with E-state index in [0.29, 0.717) is 51.3 Å². The summed E-state index contributed by atoms with van der Waals surface area (Å²) in [6, 6.07) is 5.45. The Morgan fingerprint density at radius 2 is 1.96 bits per heavy atom. The summed E-state index contributed by atoms with van der Waals surface area (Å²) in [5, 5.41) is 0. The number of esters is 1. The third kappa shape index (κ3) is 4.65. The fourth-order valence-electron chi connectivity index (χ4n) is 3.70. The predicted octanol–water partition coefficient (Wildman–Crippen LogP) is 2.76. The zero-order valence-electron chi connectivity index (χ0n) is 15.0. The van der Waals surface area contributed by atoms with Crippen molar-refractivity contribution in [3.63, 3.8) is 0 Å². The molecule has 1 aromatic carbocycles. The van der Waals surface area contributed by atoms with Gasteiger partial charge in [0.1, 0.15) is 23.1 Å². The second-order valence-corrected chi connectivity index (χ2v) is 6.63. The quantitative estimate of drug-likeness (QED) is 0.722. The lowest BCUT2D eigenvalue weighted by atomic mass is 9.88. The Bertz CT molecular complexity index is 661. The van der Waals surface area contributed by atoms with Crippen molar-refractivity contribution in [3.8, 4) is 11.5 Å². The summed E-state index contributed by atoms with van der Waals surface area (Å²) in [6.07, 6.45) is -3.25. The molecule has 9 heteroatoms. The van der Waals surface area contributed by atoms with E-state index in [0.717, 1.165) is 0 Å². The molecule has 0 N–H and O–H groups in total. The molecule has 6 nitrogen and oxygen atoms in total. The van der Waals surface area contributed by atoms with Crippen molar-refractivity contribution < 1.29 is 36.9 Å². The number of halogens is 3. The molecular formula is C18H22F3NO5. The molecule has 0 aliphatic carbocycles. The number of methoxy groups -OCH3 is 1. The molecule has 3 rings (SSSR count). The Hall–Kier alpha value is -2.00. The Balaban J connectivity index is 1.66.